The van der Waals surface area contributed by atoms with Crippen LogP contribution in [0.25, 0.3) is 11.1 Å². The molecule has 2 amide bonds. The third kappa shape index (κ3) is 11.3. The highest BCUT2D eigenvalue weighted by Crippen LogP contribution is 2.54. The number of Topliss-reactive ketones (excluding diaryl/α,β-unsaturated/α-hetero) is 3. The zero-order valence-corrected chi connectivity index (χ0v) is 37.0. The lowest BCUT2D eigenvalue weighted by Gasteiger charge is -2.32. The van der Waals surface area contributed by atoms with E-state index in [4.69, 9.17) is 26.7 Å². The van der Waals surface area contributed by atoms with Gasteiger partial charge in [-0.25, -0.2) is 0 Å². The number of hydrogen-bond donors (Lipinski definition) is 4. The smallest absolute Gasteiger partial charge is 0.226 e. The van der Waals surface area contributed by atoms with Crippen molar-refractivity contribution in [2.24, 2.45) is 29.0 Å². The van der Waals surface area contributed by atoms with Crippen molar-refractivity contribution >= 4 is 29.2 Å². The van der Waals surface area contributed by atoms with E-state index in [1.54, 1.807) is 37.3 Å². The van der Waals surface area contributed by atoms with E-state index in [2.05, 4.69) is 35.6 Å². The Morgan fingerprint density at radius 1 is 0.828 bits per heavy atom. The van der Waals surface area contributed by atoms with Gasteiger partial charge in [0, 0.05) is 74.3 Å². The van der Waals surface area contributed by atoms with Gasteiger partial charge in [-0.3, -0.25) is 24.0 Å². The number of nitrogens with one attached hydrogen (secondary N) is 1. The molecule has 6 atom stereocenters. The molecule has 13 nitrogen and oxygen atoms in total. The fourth-order valence-electron chi connectivity index (χ4n) is 8.84. The fraction of sp³-hybridized carbons (Fsp3) is 0.412. The fourth-order valence-corrected chi connectivity index (χ4v) is 8.84. The van der Waals surface area contributed by atoms with Crippen LogP contribution in [-0.2, 0) is 25.6 Å². The molecule has 1 aliphatic heterocycles. The zero-order valence-electron chi connectivity index (χ0n) is 37.0. The second kappa shape index (κ2) is 21.9. The van der Waals surface area contributed by atoms with Crippen LogP contribution in [0.2, 0.25) is 0 Å². The van der Waals surface area contributed by atoms with Crippen LogP contribution in [0.5, 0.6) is 11.5 Å². The van der Waals surface area contributed by atoms with Crippen molar-refractivity contribution in [1.82, 2.24) is 10.2 Å². The van der Waals surface area contributed by atoms with Crippen molar-refractivity contribution in [3.63, 3.8) is 0 Å². The molecule has 1 fully saturated rings. The number of benzene rings is 4. The predicted molar refractivity (Wildman–Crippen MR) is 245 cm³/mol. The van der Waals surface area contributed by atoms with Gasteiger partial charge < -0.3 is 36.9 Å². The summed E-state index contributed by atoms with van der Waals surface area (Å²) < 4.78 is 12.3. The molecule has 0 saturated heterocycles. The SMILES string of the molecule is Cc1cc(C2CC2c2ccccc2)ccc1C(=O)C[C@@H](CCN)C(=O)N(C)[C@@H]1C(=O)C[C@@H](C)C(=O)N[C@H](C(=O)CCC#N)Cc2ccc(OCCN)c(c2)-c2cc1ccc2OCCN. The van der Waals surface area contributed by atoms with Gasteiger partial charge in [0.1, 0.15) is 30.8 Å². The molecule has 13 heteroatoms. The summed E-state index contributed by atoms with van der Waals surface area (Å²) >= 11 is 0. The molecule has 4 aromatic rings. The number of nitrogens with zero attached hydrogens (tertiary/aromatic N) is 2. The van der Waals surface area contributed by atoms with Gasteiger partial charge in [-0.05, 0) is 96.6 Å². The average molecular weight is 869 g/mol. The molecule has 1 heterocycles. The Kier molecular flexibility index (Phi) is 16.2. The molecule has 0 radical (unpaired) electrons. The quantitative estimate of drug-likeness (QED) is 0.0869. The Hall–Kier alpha value is -6.20. The Balaban J connectivity index is 1.36. The van der Waals surface area contributed by atoms with Crippen LogP contribution >= 0.6 is 0 Å². The van der Waals surface area contributed by atoms with Gasteiger partial charge in [0.15, 0.2) is 17.3 Å². The first-order valence-electron chi connectivity index (χ1n) is 22.2. The molecule has 0 aromatic heterocycles. The van der Waals surface area contributed by atoms with Crippen LogP contribution < -0.4 is 32.0 Å². The molecule has 6 rings (SSSR count). The van der Waals surface area contributed by atoms with Gasteiger partial charge >= 0.3 is 0 Å². The van der Waals surface area contributed by atoms with E-state index in [1.807, 2.05) is 37.3 Å². The van der Waals surface area contributed by atoms with Crippen LogP contribution in [0.15, 0.2) is 84.9 Å². The molecular formula is C51H60N6O7. The topological polar surface area (TPSA) is 221 Å². The van der Waals surface area contributed by atoms with E-state index in [9.17, 15) is 29.2 Å². The monoisotopic (exact) mass is 868 g/mol. The highest BCUT2D eigenvalue weighted by Gasteiger charge is 2.40. The van der Waals surface area contributed by atoms with Crippen molar-refractivity contribution in [2.75, 3.05) is 39.9 Å². The molecule has 1 saturated carbocycles. The van der Waals surface area contributed by atoms with Crippen LogP contribution in [0.1, 0.15) is 102 Å². The standard InChI is InChI=1S/C51H60N6O7/c1-31-24-35(40-30-39(40)34-8-5-4-6-9-34)12-14-38(31)45(59)29-37(17-19-53)51(62)57(3)49-36-13-16-48(64-23-21-55)42(28-36)41-26-33(11-15-47(41)63-22-20-54)27-43(44(58)10-7-18-52)56-50(61)32(2)25-46(49)60/h4-6,8-9,11-16,24,26,28,32,37,39-40,43,49H,7,10,17,19-23,25,27,29-30,53-55H2,1-3H3,(H,56,61)/t32-,37-,39?,40?,43+,49+/m1/s1. The maximum absolute atomic E-state index is 14.8. The number of rotatable bonds is 18. The minimum absolute atomic E-state index is 0.0222. The van der Waals surface area contributed by atoms with Gasteiger partial charge in [0.25, 0.3) is 0 Å². The Morgan fingerprint density at radius 2 is 1.48 bits per heavy atom. The number of ether oxygens (including phenoxy) is 2. The number of fused-ring (bicyclic) bond motifs is 5. The maximum atomic E-state index is 14.8. The van der Waals surface area contributed by atoms with Crippen molar-refractivity contribution in [2.45, 2.75) is 82.7 Å². The number of nitriles is 1. The van der Waals surface area contributed by atoms with Crippen LogP contribution in [0, 0.1) is 30.1 Å². The highest BCUT2D eigenvalue weighted by atomic mass is 16.5. The van der Waals surface area contributed by atoms with E-state index < -0.39 is 41.5 Å². The number of amides is 2. The Labute approximate surface area is 375 Å². The van der Waals surface area contributed by atoms with E-state index in [-0.39, 0.29) is 82.9 Å². The largest absolute Gasteiger partial charge is 0.492 e. The van der Waals surface area contributed by atoms with Gasteiger partial charge in [-0.2, -0.15) is 5.26 Å². The van der Waals surface area contributed by atoms with Gasteiger partial charge in [0.05, 0.1) is 12.1 Å². The van der Waals surface area contributed by atoms with E-state index in [0.717, 1.165) is 12.0 Å². The molecule has 64 heavy (non-hydrogen) atoms. The first-order valence-corrected chi connectivity index (χ1v) is 22.2. The number of carbonyl (C=O) groups excluding carboxylic acids is 5. The summed E-state index contributed by atoms with van der Waals surface area (Å²) in [4.78, 5) is 72.2. The third-order valence-corrected chi connectivity index (χ3v) is 12.3. The lowest BCUT2D eigenvalue weighted by molar-refractivity contribution is -0.142. The summed E-state index contributed by atoms with van der Waals surface area (Å²) in [5, 5.41) is 12.1. The lowest BCUT2D eigenvalue weighted by Crippen LogP contribution is -2.46. The molecule has 2 aliphatic rings. The van der Waals surface area contributed by atoms with Gasteiger partial charge in [-0.15, -0.1) is 0 Å². The number of hydrogen-bond acceptors (Lipinski definition) is 11. The van der Waals surface area contributed by atoms with Crippen LogP contribution in [0.4, 0.5) is 0 Å². The number of carbonyl (C=O) groups is 5. The number of ketones is 3. The second-order valence-corrected chi connectivity index (χ2v) is 17.0. The average Bonchev–Trinajstić information content (AvgIpc) is 4.10. The number of aryl methyl sites for hydroxylation is 1. The summed E-state index contributed by atoms with van der Waals surface area (Å²) in [7, 11) is 1.53. The molecule has 4 aromatic carbocycles. The van der Waals surface area contributed by atoms with Crippen molar-refractivity contribution in [3.8, 4) is 28.7 Å². The summed E-state index contributed by atoms with van der Waals surface area (Å²) in [6.45, 7) is 4.46. The highest BCUT2D eigenvalue weighted by molar-refractivity contribution is 6.01. The second-order valence-electron chi connectivity index (χ2n) is 17.0. The molecular weight excluding hydrogens is 809 g/mol. The first kappa shape index (κ1) is 47.3. The molecule has 1 aliphatic carbocycles. The van der Waals surface area contributed by atoms with E-state index in [0.29, 0.717) is 51.2 Å². The molecule has 0 spiro atoms. The predicted octanol–water partition coefficient (Wildman–Crippen LogP) is 5.85. The Bertz CT molecular complexity index is 2380. The van der Waals surface area contributed by atoms with E-state index >= 15 is 0 Å². The van der Waals surface area contributed by atoms with Gasteiger partial charge in [-0.1, -0.05) is 67.6 Å². The van der Waals surface area contributed by atoms with Crippen molar-refractivity contribution < 1.29 is 33.4 Å². The summed E-state index contributed by atoms with van der Waals surface area (Å²) in [5.74, 6) is -1.97. The minimum atomic E-state index is -1.20. The molecule has 336 valence electrons. The van der Waals surface area contributed by atoms with E-state index in [1.165, 1.54) is 23.1 Å². The van der Waals surface area contributed by atoms with Crippen molar-refractivity contribution in [1.29, 1.82) is 5.26 Å². The Morgan fingerprint density at radius 3 is 2.14 bits per heavy atom. The van der Waals surface area contributed by atoms with Crippen molar-refractivity contribution in [3.05, 3.63) is 118 Å². The minimum Gasteiger partial charge on any atom is -0.492 e. The number of likely N-dealkylation sites (N-methyl/N-ethyl adjacent to an activating group) is 1. The number of nitrogens with two attached hydrogens (primary N) is 3. The molecule has 2 unspecified atom stereocenters. The lowest BCUT2D eigenvalue weighted by atomic mass is 9.87. The summed E-state index contributed by atoms with van der Waals surface area (Å²) in [6, 6.07) is 26.7. The maximum Gasteiger partial charge on any atom is 0.226 e. The summed E-state index contributed by atoms with van der Waals surface area (Å²) in [6.07, 6.45) is 0.861. The zero-order chi connectivity index (χ0) is 45.9. The first-order chi connectivity index (χ1) is 30.9. The van der Waals surface area contributed by atoms with Gasteiger partial charge in [0.2, 0.25) is 11.8 Å². The third-order valence-electron chi connectivity index (χ3n) is 12.3. The molecule has 7 N–H and O–H groups in total. The van der Waals surface area contributed by atoms with Crippen LogP contribution in [0.3, 0.4) is 0 Å². The van der Waals surface area contributed by atoms with Crippen LogP contribution in [-0.4, -0.2) is 80.0 Å². The molecule has 4 bridgehead atoms. The normalized spacial score (nSPS) is 19.9. The summed E-state index contributed by atoms with van der Waals surface area (Å²) in [5.41, 5.74) is 23.9.